The van der Waals surface area contributed by atoms with Gasteiger partial charge in [-0.15, -0.1) is 0 Å². The summed E-state index contributed by atoms with van der Waals surface area (Å²) in [6.07, 6.45) is 2.34. The van der Waals surface area contributed by atoms with Crippen LogP contribution in [-0.4, -0.2) is 47.9 Å². The molecule has 0 radical (unpaired) electrons. The number of hydrogen-bond acceptors (Lipinski definition) is 4. The number of aromatic nitrogens is 1. The van der Waals surface area contributed by atoms with Crippen molar-refractivity contribution in [3.63, 3.8) is 0 Å². The summed E-state index contributed by atoms with van der Waals surface area (Å²) in [6.45, 7) is 10.6. The van der Waals surface area contributed by atoms with Gasteiger partial charge in [-0.3, -0.25) is 14.7 Å². The third-order valence-electron chi connectivity index (χ3n) is 3.89. The van der Waals surface area contributed by atoms with Crippen LogP contribution in [0.25, 0.3) is 0 Å². The topological polar surface area (TPSA) is 36.4 Å². The van der Waals surface area contributed by atoms with E-state index in [-0.39, 0.29) is 5.78 Å². The standard InChI is InChI=1S/C15H23N3O/c1-4-15(19)14-7-6-13(10-16-14)18-9-8-17(5-2)12(3)11-18/h6-7,10,12H,4-5,8-9,11H2,1-3H3. The van der Waals surface area contributed by atoms with E-state index in [1.165, 1.54) is 0 Å². The van der Waals surface area contributed by atoms with Crippen LogP contribution in [0.2, 0.25) is 0 Å². The number of Topliss-reactive ketones (excluding diaryl/α,β-unsaturated/α-hetero) is 1. The van der Waals surface area contributed by atoms with Crippen LogP contribution in [0.4, 0.5) is 5.69 Å². The molecule has 104 valence electrons. The Kier molecular flexibility index (Phi) is 4.53. The second kappa shape index (κ2) is 6.15. The van der Waals surface area contributed by atoms with Crippen LogP contribution in [0, 0.1) is 0 Å². The first-order valence-corrected chi connectivity index (χ1v) is 7.14. The normalized spacial score (nSPS) is 20.6. The summed E-state index contributed by atoms with van der Waals surface area (Å²) in [4.78, 5) is 20.7. The molecule has 0 N–H and O–H groups in total. The van der Waals surface area contributed by atoms with Crippen molar-refractivity contribution in [1.29, 1.82) is 0 Å². The lowest BCUT2D eigenvalue weighted by Gasteiger charge is -2.40. The number of piperazine rings is 1. The van der Waals surface area contributed by atoms with Crippen LogP contribution in [0.15, 0.2) is 18.3 Å². The summed E-state index contributed by atoms with van der Waals surface area (Å²) in [5.41, 5.74) is 1.70. The lowest BCUT2D eigenvalue weighted by atomic mass is 10.1. The van der Waals surface area contributed by atoms with Crippen molar-refractivity contribution in [1.82, 2.24) is 9.88 Å². The fraction of sp³-hybridized carbons (Fsp3) is 0.600. The molecule has 0 spiro atoms. The minimum Gasteiger partial charge on any atom is -0.367 e. The molecule has 0 aliphatic carbocycles. The van der Waals surface area contributed by atoms with Gasteiger partial charge < -0.3 is 4.90 Å². The highest BCUT2D eigenvalue weighted by molar-refractivity contribution is 5.94. The molecule has 2 heterocycles. The van der Waals surface area contributed by atoms with Crippen LogP contribution in [-0.2, 0) is 0 Å². The average Bonchev–Trinajstić information content (AvgIpc) is 2.46. The number of carbonyl (C=O) groups is 1. The van der Waals surface area contributed by atoms with Crippen molar-refractivity contribution in [2.24, 2.45) is 0 Å². The molecular formula is C15H23N3O. The summed E-state index contributed by atoms with van der Waals surface area (Å²) in [6, 6.07) is 4.43. The highest BCUT2D eigenvalue weighted by Crippen LogP contribution is 2.18. The van der Waals surface area contributed by atoms with Crippen molar-refractivity contribution in [2.75, 3.05) is 31.1 Å². The molecule has 0 saturated carbocycles. The Morgan fingerprint density at radius 3 is 2.68 bits per heavy atom. The second-order valence-electron chi connectivity index (χ2n) is 5.10. The number of anilines is 1. The Bertz CT molecular complexity index is 430. The molecule has 1 fully saturated rings. The Labute approximate surface area is 115 Å². The van der Waals surface area contributed by atoms with Gasteiger partial charge >= 0.3 is 0 Å². The Hall–Kier alpha value is -1.42. The second-order valence-corrected chi connectivity index (χ2v) is 5.10. The van der Waals surface area contributed by atoms with Crippen LogP contribution >= 0.6 is 0 Å². The zero-order valence-electron chi connectivity index (χ0n) is 12.1. The quantitative estimate of drug-likeness (QED) is 0.779. The van der Waals surface area contributed by atoms with E-state index in [1.54, 1.807) is 0 Å². The van der Waals surface area contributed by atoms with E-state index in [0.717, 1.165) is 31.9 Å². The summed E-state index contributed by atoms with van der Waals surface area (Å²) < 4.78 is 0. The predicted octanol–water partition coefficient (Wildman–Crippen LogP) is 2.20. The number of likely N-dealkylation sites (N-methyl/N-ethyl adjacent to an activating group) is 1. The van der Waals surface area contributed by atoms with Gasteiger partial charge in [0.05, 0.1) is 11.9 Å². The smallest absolute Gasteiger partial charge is 0.180 e. The monoisotopic (exact) mass is 261 g/mol. The molecule has 1 aliphatic heterocycles. The molecule has 0 amide bonds. The molecule has 1 aliphatic rings. The molecule has 19 heavy (non-hydrogen) atoms. The van der Waals surface area contributed by atoms with E-state index < -0.39 is 0 Å². The fourth-order valence-corrected chi connectivity index (χ4v) is 2.62. The van der Waals surface area contributed by atoms with Crippen molar-refractivity contribution in [2.45, 2.75) is 33.2 Å². The third-order valence-corrected chi connectivity index (χ3v) is 3.89. The van der Waals surface area contributed by atoms with E-state index >= 15 is 0 Å². The maximum Gasteiger partial charge on any atom is 0.180 e. The average molecular weight is 261 g/mol. The van der Waals surface area contributed by atoms with Crippen LogP contribution < -0.4 is 4.90 Å². The summed E-state index contributed by atoms with van der Waals surface area (Å²) in [5, 5.41) is 0. The van der Waals surface area contributed by atoms with Crippen LogP contribution in [0.5, 0.6) is 0 Å². The van der Waals surface area contributed by atoms with Gasteiger partial charge in [0.25, 0.3) is 0 Å². The van der Waals surface area contributed by atoms with Crippen LogP contribution in [0.1, 0.15) is 37.7 Å². The molecule has 4 nitrogen and oxygen atoms in total. The van der Waals surface area contributed by atoms with Gasteiger partial charge in [0, 0.05) is 32.1 Å². The lowest BCUT2D eigenvalue weighted by molar-refractivity contribution is 0.0983. The Balaban J connectivity index is 2.05. The molecule has 0 bridgehead atoms. The minimum absolute atomic E-state index is 0.107. The van der Waals surface area contributed by atoms with E-state index in [2.05, 4.69) is 28.6 Å². The van der Waals surface area contributed by atoms with Gasteiger partial charge in [-0.1, -0.05) is 13.8 Å². The Morgan fingerprint density at radius 1 is 1.37 bits per heavy atom. The molecule has 1 aromatic heterocycles. The molecule has 1 aromatic rings. The number of pyridine rings is 1. The maximum atomic E-state index is 11.6. The van der Waals surface area contributed by atoms with Crippen LogP contribution in [0.3, 0.4) is 0 Å². The van der Waals surface area contributed by atoms with Crippen molar-refractivity contribution < 1.29 is 4.79 Å². The number of rotatable bonds is 4. The molecule has 1 atom stereocenters. The minimum atomic E-state index is 0.107. The first-order chi connectivity index (χ1) is 9.15. The third kappa shape index (κ3) is 3.13. The first-order valence-electron chi connectivity index (χ1n) is 7.14. The van der Waals surface area contributed by atoms with Gasteiger partial charge in [0.15, 0.2) is 5.78 Å². The van der Waals surface area contributed by atoms with Gasteiger partial charge in [-0.2, -0.15) is 0 Å². The number of nitrogens with zero attached hydrogens (tertiary/aromatic N) is 3. The highest BCUT2D eigenvalue weighted by Gasteiger charge is 2.22. The van der Waals surface area contributed by atoms with Gasteiger partial charge in [-0.25, -0.2) is 0 Å². The largest absolute Gasteiger partial charge is 0.367 e. The SMILES string of the molecule is CCC(=O)c1ccc(N2CCN(CC)C(C)C2)cn1. The van der Waals surface area contributed by atoms with Crippen molar-refractivity contribution >= 4 is 11.5 Å². The number of ketones is 1. The Morgan fingerprint density at radius 2 is 2.16 bits per heavy atom. The molecular weight excluding hydrogens is 238 g/mol. The molecule has 0 aromatic carbocycles. The van der Waals surface area contributed by atoms with E-state index in [9.17, 15) is 4.79 Å². The fourth-order valence-electron chi connectivity index (χ4n) is 2.62. The summed E-state index contributed by atoms with van der Waals surface area (Å²) in [5.74, 6) is 0.107. The highest BCUT2D eigenvalue weighted by atomic mass is 16.1. The van der Waals surface area contributed by atoms with E-state index in [4.69, 9.17) is 0 Å². The van der Waals surface area contributed by atoms with Gasteiger partial charge in [-0.05, 0) is 25.6 Å². The van der Waals surface area contributed by atoms with Gasteiger partial charge in [0.1, 0.15) is 5.69 Å². The zero-order chi connectivity index (χ0) is 13.8. The van der Waals surface area contributed by atoms with Crippen molar-refractivity contribution in [3.8, 4) is 0 Å². The summed E-state index contributed by atoms with van der Waals surface area (Å²) >= 11 is 0. The van der Waals surface area contributed by atoms with Crippen molar-refractivity contribution in [3.05, 3.63) is 24.0 Å². The predicted molar refractivity (Wildman–Crippen MR) is 77.8 cm³/mol. The molecule has 1 unspecified atom stereocenters. The summed E-state index contributed by atoms with van der Waals surface area (Å²) in [7, 11) is 0. The number of hydrogen-bond donors (Lipinski definition) is 0. The van der Waals surface area contributed by atoms with Gasteiger partial charge in [0.2, 0.25) is 0 Å². The molecule has 2 rings (SSSR count). The van der Waals surface area contributed by atoms with E-state index in [0.29, 0.717) is 18.2 Å². The lowest BCUT2D eigenvalue weighted by Crippen LogP contribution is -2.51. The molecule has 4 heteroatoms. The zero-order valence-corrected chi connectivity index (χ0v) is 12.1. The maximum absolute atomic E-state index is 11.6. The first kappa shape index (κ1) is 14.0. The van der Waals surface area contributed by atoms with E-state index in [1.807, 2.05) is 25.3 Å². The number of carbonyl (C=O) groups excluding carboxylic acids is 1. The molecule has 1 saturated heterocycles.